The van der Waals surface area contributed by atoms with E-state index in [1.165, 1.54) is 12.1 Å². The number of benzene rings is 1. The van der Waals surface area contributed by atoms with Gasteiger partial charge in [-0.25, -0.2) is 9.18 Å². The molecule has 0 aliphatic heterocycles. The SMILES string of the molecule is CCOCCOC(=O)/C(C#N)=C(/CC)NCc1nc(-c2ccc(F)cc2)no1. The van der Waals surface area contributed by atoms with Crippen LogP contribution in [0, 0.1) is 17.1 Å². The molecule has 0 atom stereocenters. The minimum absolute atomic E-state index is 0.0690. The zero-order valence-corrected chi connectivity index (χ0v) is 15.7. The number of ether oxygens (including phenoxy) is 2. The van der Waals surface area contributed by atoms with Crippen molar-refractivity contribution in [3.05, 3.63) is 47.2 Å². The maximum atomic E-state index is 13.0. The van der Waals surface area contributed by atoms with Crippen molar-refractivity contribution in [2.75, 3.05) is 19.8 Å². The molecular weight excluding hydrogens is 367 g/mol. The van der Waals surface area contributed by atoms with Crippen molar-refractivity contribution in [2.45, 2.75) is 26.8 Å². The fraction of sp³-hybridized carbons (Fsp3) is 0.368. The van der Waals surface area contributed by atoms with Gasteiger partial charge in [0.15, 0.2) is 5.57 Å². The Morgan fingerprint density at radius 3 is 2.68 bits per heavy atom. The molecule has 28 heavy (non-hydrogen) atoms. The van der Waals surface area contributed by atoms with E-state index in [4.69, 9.17) is 14.0 Å². The molecule has 0 bridgehead atoms. The second-order valence-corrected chi connectivity index (χ2v) is 5.52. The summed E-state index contributed by atoms with van der Waals surface area (Å²) in [5.41, 5.74) is 0.904. The number of carbonyl (C=O) groups excluding carboxylic acids is 1. The lowest BCUT2D eigenvalue weighted by molar-refractivity contribution is -0.140. The summed E-state index contributed by atoms with van der Waals surface area (Å²) in [6.45, 7) is 4.61. The van der Waals surface area contributed by atoms with E-state index in [0.717, 1.165) is 0 Å². The van der Waals surface area contributed by atoms with E-state index in [0.29, 0.717) is 30.1 Å². The Morgan fingerprint density at radius 1 is 1.29 bits per heavy atom. The van der Waals surface area contributed by atoms with Crippen LogP contribution in [0.15, 0.2) is 40.1 Å². The van der Waals surface area contributed by atoms with Crippen molar-refractivity contribution in [3.8, 4) is 17.5 Å². The molecule has 1 aromatic carbocycles. The number of allylic oxidation sites excluding steroid dienone is 1. The maximum Gasteiger partial charge on any atom is 0.350 e. The number of esters is 1. The summed E-state index contributed by atoms with van der Waals surface area (Å²) in [6, 6.07) is 7.56. The lowest BCUT2D eigenvalue weighted by Gasteiger charge is -2.10. The third kappa shape index (κ3) is 5.89. The first kappa shape index (κ1) is 21.1. The van der Waals surface area contributed by atoms with Gasteiger partial charge in [-0.1, -0.05) is 12.1 Å². The molecule has 0 unspecified atom stereocenters. The van der Waals surface area contributed by atoms with E-state index in [2.05, 4.69) is 15.5 Å². The van der Waals surface area contributed by atoms with Crippen molar-refractivity contribution in [2.24, 2.45) is 0 Å². The molecule has 1 N–H and O–H groups in total. The Kier molecular flexibility index (Phi) is 8.11. The van der Waals surface area contributed by atoms with Gasteiger partial charge in [0.2, 0.25) is 11.7 Å². The minimum Gasteiger partial charge on any atom is -0.459 e. The van der Waals surface area contributed by atoms with Crippen molar-refractivity contribution < 1.29 is 23.2 Å². The van der Waals surface area contributed by atoms with Gasteiger partial charge >= 0.3 is 5.97 Å². The number of carbonyl (C=O) groups is 1. The Hall–Kier alpha value is -3.25. The normalized spacial score (nSPS) is 11.5. The van der Waals surface area contributed by atoms with Crippen LogP contribution < -0.4 is 5.32 Å². The van der Waals surface area contributed by atoms with Gasteiger partial charge in [0.25, 0.3) is 0 Å². The van der Waals surface area contributed by atoms with Crippen LogP contribution in [0.5, 0.6) is 0 Å². The molecule has 1 aromatic heterocycles. The summed E-state index contributed by atoms with van der Waals surface area (Å²) in [5, 5.41) is 16.1. The van der Waals surface area contributed by atoms with E-state index in [1.807, 2.05) is 13.0 Å². The van der Waals surface area contributed by atoms with Gasteiger partial charge in [-0.15, -0.1) is 0 Å². The van der Waals surface area contributed by atoms with Gasteiger partial charge in [0.05, 0.1) is 13.2 Å². The minimum atomic E-state index is -0.718. The van der Waals surface area contributed by atoms with Crippen LogP contribution in [0.3, 0.4) is 0 Å². The summed E-state index contributed by atoms with van der Waals surface area (Å²) in [6.07, 6.45) is 0.405. The van der Waals surface area contributed by atoms with Gasteiger partial charge in [-0.3, -0.25) is 0 Å². The average Bonchev–Trinajstić information content (AvgIpc) is 3.18. The highest BCUT2D eigenvalue weighted by Gasteiger charge is 2.17. The lowest BCUT2D eigenvalue weighted by atomic mass is 10.2. The predicted octanol–water partition coefficient (Wildman–Crippen LogP) is 2.73. The smallest absolute Gasteiger partial charge is 0.350 e. The second kappa shape index (κ2) is 10.8. The highest BCUT2D eigenvalue weighted by molar-refractivity contribution is 5.93. The van der Waals surface area contributed by atoms with Crippen LogP contribution in [-0.4, -0.2) is 35.9 Å². The van der Waals surface area contributed by atoms with Crippen molar-refractivity contribution >= 4 is 5.97 Å². The third-order valence-electron chi connectivity index (χ3n) is 3.66. The average molecular weight is 388 g/mol. The van der Waals surface area contributed by atoms with Gasteiger partial charge in [-0.05, 0) is 37.6 Å². The fourth-order valence-electron chi connectivity index (χ4n) is 2.26. The summed E-state index contributed by atoms with van der Waals surface area (Å²) in [5.74, 6) is -0.505. The number of nitrogens with one attached hydrogen (secondary N) is 1. The molecule has 8 nitrogen and oxygen atoms in total. The van der Waals surface area contributed by atoms with Gasteiger partial charge in [-0.2, -0.15) is 10.2 Å². The number of nitrogens with zero attached hydrogens (tertiary/aromatic N) is 3. The van der Waals surface area contributed by atoms with Crippen molar-refractivity contribution in [3.63, 3.8) is 0 Å². The molecule has 0 aliphatic rings. The quantitative estimate of drug-likeness (QED) is 0.286. The largest absolute Gasteiger partial charge is 0.459 e. The molecule has 0 spiro atoms. The Bertz CT molecular complexity index is 856. The summed E-state index contributed by atoms with van der Waals surface area (Å²) >= 11 is 0. The summed E-state index contributed by atoms with van der Waals surface area (Å²) in [4.78, 5) is 16.3. The Labute approximate surface area is 161 Å². The fourth-order valence-corrected chi connectivity index (χ4v) is 2.26. The van der Waals surface area contributed by atoms with Crippen LogP contribution >= 0.6 is 0 Å². The van der Waals surface area contributed by atoms with Gasteiger partial charge in [0.1, 0.15) is 18.5 Å². The third-order valence-corrected chi connectivity index (χ3v) is 3.66. The van der Waals surface area contributed by atoms with Crippen LogP contribution in [0.1, 0.15) is 26.2 Å². The highest BCUT2D eigenvalue weighted by atomic mass is 19.1. The van der Waals surface area contributed by atoms with E-state index in [1.54, 1.807) is 19.1 Å². The number of hydrogen-bond donors (Lipinski definition) is 1. The number of hydrogen-bond acceptors (Lipinski definition) is 8. The van der Waals surface area contributed by atoms with Gasteiger partial charge in [0, 0.05) is 17.9 Å². The van der Waals surface area contributed by atoms with E-state index >= 15 is 0 Å². The molecule has 0 radical (unpaired) electrons. The Balaban J connectivity index is 2.01. The van der Waals surface area contributed by atoms with E-state index in [-0.39, 0.29) is 37.0 Å². The maximum absolute atomic E-state index is 13.0. The zero-order chi connectivity index (χ0) is 20.4. The van der Waals surface area contributed by atoms with E-state index < -0.39 is 5.97 Å². The van der Waals surface area contributed by atoms with Crippen molar-refractivity contribution in [1.29, 1.82) is 5.26 Å². The van der Waals surface area contributed by atoms with Gasteiger partial charge < -0.3 is 19.3 Å². The lowest BCUT2D eigenvalue weighted by Crippen LogP contribution is -2.20. The zero-order valence-electron chi connectivity index (χ0n) is 15.7. The van der Waals surface area contributed by atoms with Crippen LogP contribution in [0.4, 0.5) is 4.39 Å². The molecule has 9 heteroatoms. The molecule has 0 aliphatic carbocycles. The molecule has 2 rings (SSSR count). The topological polar surface area (TPSA) is 110 Å². The summed E-state index contributed by atoms with van der Waals surface area (Å²) < 4.78 is 28.3. The number of halogens is 1. The van der Waals surface area contributed by atoms with Crippen LogP contribution in [0.25, 0.3) is 11.4 Å². The standard InChI is InChI=1S/C19H21FN4O4/c1-3-16(15(11-21)19(25)27-10-9-26-4-2)22-12-17-23-18(24-28-17)13-5-7-14(20)8-6-13/h5-8,22H,3-4,9-10,12H2,1-2H3/b16-15-. The molecule has 2 aromatic rings. The molecule has 148 valence electrons. The molecule has 0 saturated heterocycles. The number of rotatable bonds is 10. The van der Waals surface area contributed by atoms with Crippen LogP contribution in [0.2, 0.25) is 0 Å². The highest BCUT2D eigenvalue weighted by Crippen LogP contribution is 2.16. The first-order valence-electron chi connectivity index (χ1n) is 8.79. The molecule has 0 fully saturated rings. The van der Waals surface area contributed by atoms with Crippen LogP contribution in [-0.2, 0) is 20.8 Å². The molecule has 0 saturated carbocycles. The molecular formula is C19H21FN4O4. The second-order valence-electron chi connectivity index (χ2n) is 5.52. The first-order chi connectivity index (χ1) is 13.6. The first-order valence-corrected chi connectivity index (χ1v) is 8.79. The number of nitriles is 1. The predicted molar refractivity (Wildman–Crippen MR) is 96.9 cm³/mol. The molecule has 0 amide bonds. The van der Waals surface area contributed by atoms with E-state index in [9.17, 15) is 14.4 Å². The molecule has 1 heterocycles. The van der Waals surface area contributed by atoms with Crippen molar-refractivity contribution in [1.82, 2.24) is 15.5 Å². The monoisotopic (exact) mass is 388 g/mol. The Morgan fingerprint density at radius 2 is 2.04 bits per heavy atom. The summed E-state index contributed by atoms with van der Waals surface area (Å²) in [7, 11) is 0. The number of aromatic nitrogens is 2.